The second-order valence-corrected chi connectivity index (χ2v) is 4.62. The number of nitrogens with one attached hydrogen (secondary N) is 1. The molecule has 2 aromatic heterocycles. The van der Waals surface area contributed by atoms with E-state index in [1.54, 1.807) is 0 Å². The minimum atomic E-state index is 0.730. The van der Waals surface area contributed by atoms with Crippen molar-refractivity contribution >= 4 is 0 Å². The van der Waals surface area contributed by atoms with Crippen LogP contribution in [0.3, 0.4) is 0 Å². The summed E-state index contributed by atoms with van der Waals surface area (Å²) < 4.78 is 3.83. The van der Waals surface area contributed by atoms with Gasteiger partial charge < -0.3 is 5.32 Å². The Kier molecular flexibility index (Phi) is 2.68. The van der Waals surface area contributed by atoms with Gasteiger partial charge in [0.15, 0.2) is 0 Å². The molecule has 17 heavy (non-hydrogen) atoms. The summed E-state index contributed by atoms with van der Waals surface area (Å²) >= 11 is 0. The molecule has 3 rings (SSSR count). The molecule has 0 amide bonds. The third kappa shape index (κ3) is 2.55. The predicted octanol–water partition coefficient (Wildman–Crippen LogP) is 0.917. The molecule has 0 aromatic carbocycles. The van der Waals surface area contributed by atoms with Crippen LogP contribution in [0, 0.1) is 0 Å². The van der Waals surface area contributed by atoms with Crippen LogP contribution in [0.1, 0.15) is 24.2 Å². The van der Waals surface area contributed by atoms with Gasteiger partial charge in [-0.15, -0.1) is 0 Å². The van der Waals surface area contributed by atoms with Crippen LogP contribution in [0.15, 0.2) is 24.5 Å². The zero-order chi connectivity index (χ0) is 11.7. The van der Waals surface area contributed by atoms with E-state index in [1.165, 1.54) is 18.5 Å². The topological polar surface area (TPSA) is 47.7 Å². The molecular weight excluding hydrogens is 214 g/mol. The van der Waals surface area contributed by atoms with E-state index in [1.807, 2.05) is 34.9 Å². The molecule has 0 atom stereocenters. The van der Waals surface area contributed by atoms with Gasteiger partial charge in [0.25, 0.3) is 0 Å². The van der Waals surface area contributed by atoms with Gasteiger partial charge >= 0.3 is 0 Å². The summed E-state index contributed by atoms with van der Waals surface area (Å²) in [4.78, 5) is 0. The molecule has 0 spiro atoms. The maximum absolute atomic E-state index is 4.37. The standard InChI is InChI=1S/C12H17N5/c1-16-7-5-11(15-16)9-17-12(4-6-14-17)8-13-10-2-3-10/h4-7,10,13H,2-3,8-9H2,1H3. The summed E-state index contributed by atoms with van der Waals surface area (Å²) in [7, 11) is 1.93. The lowest BCUT2D eigenvalue weighted by atomic mass is 10.4. The largest absolute Gasteiger partial charge is 0.308 e. The Labute approximate surface area is 100 Å². The number of aryl methyl sites for hydroxylation is 1. The lowest BCUT2D eigenvalue weighted by molar-refractivity contribution is 0.582. The van der Waals surface area contributed by atoms with E-state index in [-0.39, 0.29) is 0 Å². The third-order valence-corrected chi connectivity index (χ3v) is 3.03. The average Bonchev–Trinajstić information content (AvgIpc) is 2.90. The Bertz CT molecular complexity index is 494. The van der Waals surface area contributed by atoms with E-state index < -0.39 is 0 Å². The maximum atomic E-state index is 4.37. The van der Waals surface area contributed by atoms with Gasteiger partial charge in [-0.25, -0.2) is 0 Å². The SMILES string of the molecule is Cn1ccc(Cn2nccc2CNC2CC2)n1. The zero-order valence-electron chi connectivity index (χ0n) is 10.0. The van der Waals surface area contributed by atoms with Crippen LogP contribution < -0.4 is 5.32 Å². The summed E-state index contributed by atoms with van der Waals surface area (Å²) in [5, 5.41) is 12.2. The second kappa shape index (κ2) is 4.33. The van der Waals surface area contributed by atoms with Gasteiger partial charge in [-0.3, -0.25) is 9.36 Å². The van der Waals surface area contributed by atoms with Crippen molar-refractivity contribution in [3.63, 3.8) is 0 Å². The molecule has 1 fully saturated rings. The van der Waals surface area contributed by atoms with Crippen LogP contribution in [0.25, 0.3) is 0 Å². The fraction of sp³-hybridized carbons (Fsp3) is 0.500. The van der Waals surface area contributed by atoms with E-state index in [4.69, 9.17) is 0 Å². The second-order valence-electron chi connectivity index (χ2n) is 4.62. The van der Waals surface area contributed by atoms with Crippen molar-refractivity contribution in [3.05, 3.63) is 35.9 Å². The van der Waals surface area contributed by atoms with Gasteiger partial charge in [0.1, 0.15) is 0 Å². The van der Waals surface area contributed by atoms with Crippen molar-refractivity contribution in [3.8, 4) is 0 Å². The quantitative estimate of drug-likeness (QED) is 0.832. The monoisotopic (exact) mass is 231 g/mol. The number of hydrogen-bond acceptors (Lipinski definition) is 3. The molecule has 90 valence electrons. The van der Waals surface area contributed by atoms with E-state index in [2.05, 4.69) is 21.6 Å². The van der Waals surface area contributed by atoms with Gasteiger partial charge in [-0.05, 0) is 25.0 Å². The van der Waals surface area contributed by atoms with Crippen LogP contribution in [0.2, 0.25) is 0 Å². The predicted molar refractivity (Wildman–Crippen MR) is 64.4 cm³/mol. The molecular formula is C12H17N5. The van der Waals surface area contributed by atoms with Gasteiger partial charge in [0, 0.05) is 32.0 Å². The average molecular weight is 231 g/mol. The van der Waals surface area contributed by atoms with E-state index in [0.29, 0.717) is 0 Å². The minimum Gasteiger partial charge on any atom is -0.308 e. The van der Waals surface area contributed by atoms with Gasteiger partial charge in [0.2, 0.25) is 0 Å². The van der Waals surface area contributed by atoms with Crippen molar-refractivity contribution in [1.29, 1.82) is 0 Å². The molecule has 0 unspecified atom stereocenters. The van der Waals surface area contributed by atoms with Crippen LogP contribution in [0.4, 0.5) is 0 Å². The molecule has 1 saturated carbocycles. The Morgan fingerprint density at radius 3 is 3.00 bits per heavy atom. The van der Waals surface area contributed by atoms with Gasteiger partial charge in [0.05, 0.1) is 17.9 Å². The molecule has 1 aliphatic rings. The fourth-order valence-corrected chi connectivity index (χ4v) is 1.89. The summed E-state index contributed by atoms with van der Waals surface area (Å²) in [6.07, 6.45) is 6.44. The number of rotatable bonds is 5. The van der Waals surface area contributed by atoms with E-state index in [0.717, 1.165) is 24.8 Å². The van der Waals surface area contributed by atoms with Gasteiger partial charge in [-0.2, -0.15) is 10.2 Å². The normalized spacial score (nSPS) is 15.4. The van der Waals surface area contributed by atoms with Crippen LogP contribution >= 0.6 is 0 Å². The van der Waals surface area contributed by atoms with Gasteiger partial charge in [-0.1, -0.05) is 0 Å². The molecule has 0 radical (unpaired) electrons. The van der Waals surface area contributed by atoms with Crippen molar-refractivity contribution in [2.75, 3.05) is 0 Å². The maximum Gasteiger partial charge on any atom is 0.0853 e. The van der Waals surface area contributed by atoms with Crippen molar-refractivity contribution in [1.82, 2.24) is 24.9 Å². The summed E-state index contributed by atoms with van der Waals surface area (Å²) in [5.74, 6) is 0. The highest BCUT2D eigenvalue weighted by Crippen LogP contribution is 2.19. The molecule has 2 heterocycles. The van der Waals surface area contributed by atoms with Crippen LogP contribution in [0.5, 0.6) is 0 Å². The summed E-state index contributed by atoms with van der Waals surface area (Å²) in [6.45, 7) is 1.65. The van der Waals surface area contributed by atoms with Crippen molar-refractivity contribution < 1.29 is 0 Å². The first-order valence-corrected chi connectivity index (χ1v) is 6.04. The molecule has 1 N–H and O–H groups in total. The number of hydrogen-bond donors (Lipinski definition) is 1. The molecule has 1 aliphatic carbocycles. The number of aromatic nitrogens is 4. The molecule has 0 saturated heterocycles. The highest BCUT2D eigenvalue weighted by molar-refractivity contribution is 5.06. The Morgan fingerprint density at radius 2 is 2.29 bits per heavy atom. The molecule has 5 heteroatoms. The lowest BCUT2D eigenvalue weighted by Gasteiger charge is -2.06. The minimum absolute atomic E-state index is 0.730. The van der Waals surface area contributed by atoms with Crippen LogP contribution in [-0.2, 0) is 20.1 Å². The molecule has 5 nitrogen and oxygen atoms in total. The number of nitrogens with zero attached hydrogens (tertiary/aromatic N) is 4. The van der Waals surface area contributed by atoms with E-state index in [9.17, 15) is 0 Å². The fourth-order valence-electron chi connectivity index (χ4n) is 1.89. The smallest absolute Gasteiger partial charge is 0.0853 e. The Hall–Kier alpha value is -1.62. The lowest BCUT2D eigenvalue weighted by Crippen LogP contribution is -2.19. The van der Waals surface area contributed by atoms with Crippen LogP contribution in [-0.4, -0.2) is 25.6 Å². The summed E-state index contributed by atoms with van der Waals surface area (Å²) in [5.41, 5.74) is 2.27. The summed E-state index contributed by atoms with van der Waals surface area (Å²) in [6, 6.07) is 4.83. The highest BCUT2D eigenvalue weighted by atomic mass is 15.3. The zero-order valence-corrected chi connectivity index (χ0v) is 10.0. The third-order valence-electron chi connectivity index (χ3n) is 3.03. The molecule has 0 bridgehead atoms. The highest BCUT2D eigenvalue weighted by Gasteiger charge is 2.20. The first-order valence-electron chi connectivity index (χ1n) is 6.04. The Morgan fingerprint density at radius 1 is 1.41 bits per heavy atom. The first-order chi connectivity index (χ1) is 8.31. The molecule has 2 aromatic rings. The Balaban J connectivity index is 1.67. The first kappa shape index (κ1) is 10.5. The van der Waals surface area contributed by atoms with Crippen molar-refractivity contribution in [2.24, 2.45) is 7.05 Å². The van der Waals surface area contributed by atoms with Crippen molar-refractivity contribution in [2.45, 2.75) is 32.0 Å². The molecule has 0 aliphatic heterocycles. The van der Waals surface area contributed by atoms with E-state index >= 15 is 0 Å².